The monoisotopic (exact) mass is 380 g/mol. The molecule has 1 fully saturated rings. The Balaban J connectivity index is 1.83. The van der Waals surface area contributed by atoms with Crippen LogP contribution in [0.2, 0.25) is 0 Å². The van der Waals surface area contributed by atoms with Crippen LogP contribution in [0.4, 0.5) is 0 Å². The van der Waals surface area contributed by atoms with Gasteiger partial charge in [0.1, 0.15) is 0 Å². The second kappa shape index (κ2) is 6.45. The van der Waals surface area contributed by atoms with Crippen LogP contribution in [-0.2, 0) is 15.6 Å². The number of hydrogen-bond donors (Lipinski definition) is 2. The van der Waals surface area contributed by atoms with E-state index in [9.17, 15) is 18.3 Å². The van der Waals surface area contributed by atoms with Gasteiger partial charge in [-0.1, -0.05) is 19.0 Å². The Morgan fingerprint density at radius 2 is 2.00 bits per heavy atom. The Morgan fingerprint density at radius 1 is 1.35 bits per heavy atom. The summed E-state index contributed by atoms with van der Waals surface area (Å²) in [6.45, 7) is 3.70. The molecular weight excluding hydrogens is 360 g/mol. The lowest BCUT2D eigenvalue weighted by molar-refractivity contribution is 0.0194. The second-order valence-corrected chi connectivity index (χ2v) is 8.56. The van der Waals surface area contributed by atoms with Gasteiger partial charge in [0.2, 0.25) is 15.9 Å². The number of carbonyl (C=O) groups is 1. The van der Waals surface area contributed by atoms with Gasteiger partial charge in [0.05, 0.1) is 11.4 Å². The number of aliphatic hydroxyl groups is 1. The van der Waals surface area contributed by atoms with Crippen molar-refractivity contribution in [2.24, 2.45) is 5.73 Å². The van der Waals surface area contributed by atoms with Crippen LogP contribution in [0, 0.1) is 0 Å². The predicted molar refractivity (Wildman–Crippen MR) is 90.6 cm³/mol. The van der Waals surface area contributed by atoms with Crippen molar-refractivity contribution in [1.29, 1.82) is 0 Å². The molecule has 0 unspecified atom stereocenters. The molecule has 0 spiro atoms. The summed E-state index contributed by atoms with van der Waals surface area (Å²) in [5.41, 5.74) is 3.85. The molecule has 10 heteroatoms. The minimum absolute atomic E-state index is 0.0140. The van der Waals surface area contributed by atoms with Gasteiger partial charge in [-0.15, -0.1) is 0 Å². The molecule has 0 aliphatic carbocycles. The maximum Gasteiger partial charge on any atom is 0.260 e. The van der Waals surface area contributed by atoms with E-state index in [0.29, 0.717) is 5.82 Å². The fraction of sp³-hybridized carbons (Fsp3) is 0.438. The van der Waals surface area contributed by atoms with Gasteiger partial charge in [0.15, 0.2) is 11.4 Å². The lowest BCUT2D eigenvalue weighted by Crippen LogP contribution is -2.34. The number of benzene rings is 1. The molecular formula is C16H20N4O5S. The van der Waals surface area contributed by atoms with Crippen molar-refractivity contribution >= 4 is 15.9 Å². The first-order valence-electron chi connectivity index (χ1n) is 8.10. The van der Waals surface area contributed by atoms with Gasteiger partial charge in [0.25, 0.3) is 5.89 Å². The fourth-order valence-corrected chi connectivity index (χ4v) is 4.23. The third-order valence-corrected chi connectivity index (χ3v) is 6.20. The van der Waals surface area contributed by atoms with Crippen molar-refractivity contribution < 1.29 is 22.8 Å². The van der Waals surface area contributed by atoms with Gasteiger partial charge >= 0.3 is 0 Å². The summed E-state index contributed by atoms with van der Waals surface area (Å²) in [4.78, 5) is 15.3. The maximum atomic E-state index is 12.8. The summed E-state index contributed by atoms with van der Waals surface area (Å²) in [6.07, 6.45) is 0.144. The van der Waals surface area contributed by atoms with Crippen LogP contribution in [-0.4, -0.2) is 47.0 Å². The van der Waals surface area contributed by atoms with Gasteiger partial charge in [-0.3, -0.25) is 4.79 Å². The van der Waals surface area contributed by atoms with E-state index < -0.39 is 21.5 Å². The number of rotatable bonds is 5. The molecule has 1 atom stereocenters. The molecule has 0 radical (unpaired) electrons. The van der Waals surface area contributed by atoms with Crippen LogP contribution in [0.15, 0.2) is 33.7 Å². The SMILES string of the molecule is CC(C)c1noc([C@]2(O)CCN(S(=O)(=O)c3ccc(C(N)=O)cc3)C2)n1. The minimum Gasteiger partial charge on any atom is -0.379 e. The summed E-state index contributed by atoms with van der Waals surface area (Å²) in [7, 11) is -3.84. The molecule has 140 valence electrons. The lowest BCUT2D eigenvalue weighted by Gasteiger charge is -2.19. The zero-order valence-corrected chi connectivity index (χ0v) is 15.2. The topological polar surface area (TPSA) is 140 Å². The third-order valence-electron chi connectivity index (χ3n) is 4.35. The highest BCUT2D eigenvalue weighted by molar-refractivity contribution is 7.89. The second-order valence-electron chi connectivity index (χ2n) is 6.62. The average Bonchev–Trinajstić information content (AvgIpc) is 3.23. The van der Waals surface area contributed by atoms with Crippen molar-refractivity contribution in [3.05, 3.63) is 41.5 Å². The van der Waals surface area contributed by atoms with Crippen LogP contribution in [0.1, 0.15) is 48.3 Å². The molecule has 26 heavy (non-hydrogen) atoms. The standard InChI is InChI=1S/C16H20N4O5S/c1-10(2)14-18-15(25-19-14)16(22)7-8-20(9-16)26(23,24)12-5-3-11(4-6-12)13(17)21/h3-6,10,22H,7-9H2,1-2H3,(H2,17,21)/t16-/m0/s1. The summed E-state index contributed by atoms with van der Waals surface area (Å²) in [5.74, 6) is -0.136. The van der Waals surface area contributed by atoms with E-state index in [1.807, 2.05) is 13.8 Å². The summed E-state index contributed by atoms with van der Waals surface area (Å²) < 4.78 is 31.9. The van der Waals surface area contributed by atoms with Gasteiger partial charge in [-0.25, -0.2) is 8.42 Å². The van der Waals surface area contributed by atoms with E-state index in [0.717, 1.165) is 4.31 Å². The van der Waals surface area contributed by atoms with Gasteiger partial charge in [0, 0.05) is 24.4 Å². The van der Waals surface area contributed by atoms with E-state index in [4.69, 9.17) is 10.3 Å². The molecule has 2 heterocycles. The molecule has 2 aromatic rings. The number of amides is 1. The first-order chi connectivity index (χ1) is 12.1. The van der Waals surface area contributed by atoms with E-state index in [-0.39, 0.29) is 41.8 Å². The van der Waals surface area contributed by atoms with Crippen LogP contribution in [0.3, 0.4) is 0 Å². The maximum absolute atomic E-state index is 12.8. The first-order valence-corrected chi connectivity index (χ1v) is 9.54. The number of sulfonamides is 1. The van der Waals surface area contributed by atoms with Crippen LogP contribution >= 0.6 is 0 Å². The van der Waals surface area contributed by atoms with Crippen molar-refractivity contribution in [3.63, 3.8) is 0 Å². The molecule has 3 rings (SSSR count). The van der Waals surface area contributed by atoms with Gasteiger partial charge in [-0.05, 0) is 24.3 Å². The highest BCUT2D eigenvalue weighted by Gasteiger charge is 2.46. The molecule has 1 aromatic carbocycles. The Kier molecular flexibility index (Phi) is 4.59. The summed E-state index contributed by atoms with van der Waals surface area (Å²) >= 11 is 0. The largest absolute Gasteiger partial charge is 0.379 e. The summed E-state index contributed by atoms with van der Waals surface area (Å²) in [5, 5.41) is 14.6. The Hall–Kier alpha value is -2.30. The molecule has 0 bridgehead atoms. The van der Waals surface area contributed by atoms with E-state index in [2.05, 4.69) is 10.1 Å². The van der Waals surface area contributed by atoms with Crippen LogP contribution < -0.4 is 5.73 Å². The Labute approximate surface area is 150 Å². The molecule has 1 amide bonds. The van der Waals surface area contributed by atoms with E-state index in [1.165, 1.54) is 24.3 Å². The Morgan fingerprint density at radius 3 is 2.54 bits per heavy atom. The number of nitrogens with two attached hydrogens (primary N) is 1. The molecule has 9 nitrogen and oxygen atoms in total. The minimum atomic E-state index is -3.84. The zero-order valence-electron chi connectivity index (χ0n) is 14.4. The molecule has 1 saturated heterocycles. The zero-order chi connectivity index (χ0) is 19.1. The predicted octanol–water partition coefficient (Wildman–Crippen LogP) is 0.574. The van der Waals surface area contributed by atoms with Crippen LogP contribution in [0.25, 0.3) is 0 Å². The quantitative estimate of drug-likeness (QED) is 0.773. The number of aromatic nitrogens is 2. The first kappa shape index (κ1) is 18.5. The number of nitrogens with zero attached hydrogens (tertiary/aromatic N) is 3. The highest BCUT2D eigenvalue weighted by Crippen LogP contribution is 2.34. The van der Waals surface area contributed by atoms with Crippen LogP contribution in [0.5, 0.6) is 0 Å². The van der Waals surface area contributed by atoms with Crippen molar-refractivity contribution in [3.8, 4) is 0 Å². The van der Waals surface area contributed by atoms with E-state index >= 15 is 0 Å². The number of primary amides is 1. The van der Waals surface area contributed by atoms with Crippen molar-refractivity contribution in [1.82, 2.24) is 14.4 Å². The normalized spacial score (nSPS) is 21.4. The molecule has 0 saturated carbocycles. The average molecular weight is 380 g/mol. The Bertz CT molecular complexity index is 922. The number of carbonyl (C=O) groups excluding carboxylic acids is 1. The smallest absolute Gasteiger partial charge is 0.260 e. The lowest BCUT2D eigenvalue weighted by atomic mass is 10.0. The number of β-amino-alcohol motifs (C(OH)–C–C–N with tert-alkyl or cyclic N) is 1. The van der Waals surface area contributed by atoms with Crippen molar-refractivity contribution in [2.75, 3.05) is 13.1 Å². The molecule has 1 aliphatic rings. The number of hydrogen-bond acceptors (Lipinski definition) is 7. The highest BCUT2D eigenvalue weighted by atomic mass is 32.2. The molecule has 3 N–H and O–H groups in total. The molecule has 1 aromatic heterocycles. The van der Waals surface area contributed by atoms with Crippen molar-refractivity contribution in [2.45, 2.75) is 36.7 Å². The van der Waals surface area contributed by atoms with E-state index in [1.54, 1.807) is 0 Å². The fourth-order valence-electron chi connectivity index (χ4n) is 2.74. The summed E-state index contributed by atoms with van der Waals surface area (Å²) in [6, 6.07) is 5.33. The third kappa shape index (κ3) is 3.22. The van der Waals surface area contributed by atoms with Gasteiger partial charge in [-0.2, -0.15) is 9.29 Å². The van der Waals surface area contributed by atoms with Gasteiger partial charge < -0.3 is 15.4 Å². The molecule has 1 aliphatic heterocycles.